The van der Waals surface area contributed by atoms with Crippen molar-refractivity contribution >= 4 is 17.5 Å². The van der Waals surface area contributed by atoms with Crippen LogP contribution in [0.3, 0.4) is 0 Å². The maximum atomic E-state index is 12.9. The highest BCUT2D eigenvalue weighted by molar-refractivity contribution is 5.96. The number of nitrogens with one attached hydrogen (secondary N) is 1. The first kappa shape index (κ1) is 16.6. The quantitative estimate of drug-likeness (QED) is 0.911. The van der Waals surface area contributed by atoms with Crippen molar-refractivity contribution in [3.05, 3.63) is 29.8 Å². The molecule has 2 amide bonds. The van der Waals surface area contributed by atoms with Gasteiger partial charge in [0, 0.05) is 30.1 Å². The number of hydrogen-bond acceptors (Lipinski definition) is 2. The molecule has 0 spiro atoms. The van der Waals surface area contributed by atoms with Crippen molar-refractivity contribution in [3.63, 3.8) is 0 Å². The lowest BCUT2D eigenvalue weighted by atomic mass is 9.84. The number of anilines is 1. The van der Waals surface area contributed by atoms with Crippen LogP contribution in [-0.2, 0) is 16.0 Å². The summed E-state index contributed by atoms with van der Waals surface area (Å²) >= 11 is 0. The molecule has 0 bridgehead atoms. The molecule has 2 heterocycles. The second-order valence-electron chi connectivity index (χ2n) is 8.08. The first-order valence-electron chi connectivity index (χ1n) is 9.83. The Kier molecular flexibility index (Phi) is 4.53. The van der Waals surface area contributed by atoms with Gasteiger partial charge in [-0.05, 0) is 56.6 Å². The van der Waals surface area contributed by atoms with Crippen LogP contribution < -0.4 is 5.32 Å². The first-order valence-corrected chi connectivity index (χ1v) is 9.83. The zero-order valence-electron chi connectivity index (χ0n) is 15.0. The maximum absolute atomic E-state index is 12.9. The fourth-order valence-corrected chi connectivity index (χ4v) is 5.21. The summed E-state index contributed by atoms with van der Waals surface area (Å²) in [7, 11) is 0. The van der Waals surface area contributed by atoms with Crippen LogP contribution in [0.1, 0.15) is 57.4 Å². The summed E-state index contributed by atoms with van der Waals surface area (Å²) in [6.07, 6.45) is 8.06. The third-order valence-corrected chi connectivity index (χ3v) is 6.45. The Morgan fingerprint density at radius 1 is 1.24 bits per heavy atom. The van der Waals surface area contributed by atoms with E-state index in [1.165, 1.54) is 24.8 Å². The minimum absolute atomic E-state index is 0.0662. The Morgan fingerprint density at radius 2 is 2.04 bits per heavy atom. The van der Waals surface area contributed by atoms with Gasteiger partial charge in [0.25, 0.3) is 0 Å². The number of hydrogen-bond donors (Lipinski definition) is 1. The fraction of sp³-hybridized carbons (Fsp3) is 0.619. The van der Waals surface area contributed by atoms with Crippen molar-refractivity contribution in [3.8, 4) is 0 Å². The lowest BCUT2D eigenvalue weighted by molar-refractivity contribution is -0.135. The Hall–Kier alpha value is -1.84. The molecule has 134 valence electrons. The molecule has 1 aromatic carbocycles. The second kappa shape index (κ2) is 6.81. The number of fused-ring (bicyclic) bond motifs is 2. The van der Waals surface area contributed by atoms with Crippen LogP contribution in [-0.4, -0.2) is 28.8 Å². The number of carbonyl (C=O) groups is 2. The topological polar surface area (TPSA) is 49.4 Å². The molecule has 1 aliphatic carbocycles. The molecule has 1 N–H and O–H groups in total. The van der Waals surface area contributed by atoms with Gasteiger partial charge in [-0.25, -0.2) is 0 Å². The number of carbonyl (C=O) groups excluding carboxylic acids is 2. The van der Waals surface area contributed by atoms with Gasteiger partial charge < -0.3 is 10.2 Å². The van der Waals surface area contributed by atoms with Crippen molar-refractivity contribution in [1.29, 1.82) is 0 Å². The van der Waals surface area contributed by atoms with E-state index in [4.69, 9.17) is 0 Å². The number of rotatable bonds is 3. The molecular weight excluding hydrogens is 312 g/mol. The van der Waals surface area contributed by atoms with Gasteiger partial charge in [0.15, 0.2) is 0 Å². The first-order chi connectivity index (χ1) is 12.1. The minimum Gasteiger partial charge on any atom is -0.337 e. The number of para-hydroxylation sites is 1. The predicted molar refractivity (Wildman–Crippen MR) is 98.2 cm³/mol. The van der Waals surface area contributed by atoms with Gasteiger partial charge in [0.2, 0.25) is 11.8 Å². The Balaban J connectivity index is 1.38. The zero-order valence-corrected chi connectivity index (χ0v) is 15.0. The summed E-state index contributed by atoms with van der Waals surface area (Å²) in [6.45, 7) is 2.19. The molecule has 2 fully saturated rings. The SMILES string of the molecule is CC1CC2CCCCC2N1C(=O)CCC1Cc2ccccc2NC1=O. The summed E-state index contributed by atoms with van der Waals surface area (Å²) in [4.78, 5) is 27.4. The number of amides is 2. The van der Waals surface area contributed by atoms with Crippen molar-refractivity contribution in [1.82, 2.24) is 4.90 Å². The monoisotopic (exact) mass is 340 g/mol. The molecule has 4 unspecified atom stereocenters. The van der Waals surface area contributed by atoms with Gasteiger partial charge in [0.1, 0.15) is 0 Å². The Labute approximate surface area is 150 Å². The molecule has 1 saturated heterocycles. The average Bonchev–Trinajstić information content (AvgIpc) is 2.95. The van der Waals surface area contributed by atoms with E-state index in [-0.39, 0.29) is 17.7 Å². The van der Waals surface area contributed by atoms with Crippen LogP contribution >= 0.6 is 0 Å². The molecule has 0 aromatic heterocycles. The van der Waals surface area contributed by atoms with E-state index in [1.807, 2.05) is 18.2 Å². The molecule has 3 aliphatic rings. The summed E-state index contributed by atoms with van der Waals surface area (Å²) in [6, 6.07) is 8.78. The van der Waals surface area contributed by atoms with E-state index < -0.39 is 0 Å². The van der Waals surface area contributed by atoms with E-state index in [1.54, 1.807) is 0 Å². The highest BCUT2D eigenvalue weighted by Gasteiger charge is 2.42. The van der Waals surface area contributed by atoms with Gasteiger partial charge in [0.05, 0.1) is 0 Å². The maximum Gasteiger partial charge on any atom is 0.227 e. The largest absolute Gasteiger partial charge is 0.337 e. The highest BCUT2D eigenvalue weighted by Crippen LogP contribution is 2.40. The van der Waals surface area contributed by atoms with Gasteiger partial charge in [-0.3, -0.25) is 9.59 Å². The van der Waals surface area contributed by atoms with Crippen molar-refractivity contribution < 1.29 is 9.59 Å². The van der Waals surface area contributed by atoms with E-state index in [0.29, 0.717) is 30.8 Å². The van der Waals surface area contributed by atoms with Gasteiger partial charge >= 0.3 is 0 Å². The van der Waals surface area contributed by atoms with Crippen LogP contribution in [0.25, 0.3) is 0 Å². The third-order valence-electron chi connectivity index (χ3n) is 6.45. The molecule has 1 aromatic rings. The normalized spacial score (nSPS) is 31.2. The fourth-order valence-electron chi connectivity index (χ4n) is 5.21. The van der Waals surface area contributed by atoms with Gasteiger partial charge in [-0.15, -0.1) is 0 Å². The standard InChI is InChI=1S/C21H28N2O2/c1-14-12-16-7-3-5-9-19(16)23(14)20(24)11-10-17-13-15-6-2-4-8-18(15)22-21(17)25/h2,4,6,8,14,16-17,19H,3,5,7,9-13H2,1H3,(H,22,25). The van der Waals surface area contributed by atoms with E-state index >= 15 is 0 Å². The molecule has 4 heteroatoms. The van der Waals surface area contributed by atoms with E-state index in [2.05, 4.69) is 23.2 Å². The molecular formula is C21H28N2O2. The highest BCUT2D eigenvalue weighted by atomic mass is 16.2. The van der Waals surface area contributed by atoms with Crippen molar-refractivity contribution in [2.75, 3.05) is 5.32 Å². The molecule has 25 heavy (non-hydrogen) atoms. The second-order valence-corrected chi connectivity index (χ2v) is 8.08. The number of benzene rings is 1. The zero-order chi connectivity index (χ0) is 17.4. The molecule has 2 aliphatic heterocycles. The number of nitrogens with zero attached hydrogens (tertiary/aromatic N) is 1. The van der Waals surface area contributed by atoms with Crippen LogP contribution in [0.4, 0.5) is 5.69 Å². The molecule has 4 nitrogen and oxygen atoms in total. The van der Waals surface area contributed by atoms with Crippen LogP contribution in [0.5, 0.6) is 0 Å². The van der Waals surface area contributed by atoms with Gasteiger partial charge in [-0.2, -0.15) is 0 Å². The van der Waals surface area contributed by atoms with E-state index in [0.717, 1.165) is 24.9 Å². The lowest BCUT2D eigenvalue weighted by Crippen LogP contribution is -2.42. The molecule has 4 atom stereocenters. The lowest BCUT2D eigenvalue weighted by Gasteiger charge is -2.34. The molecule has 4 rings (SSSR count). The Morgan fingerprint density at radius 3 is 2.92 bits per heavy atom. The van der Waals surface area contributed by atoms with Crippen molar-refractivity contribution in [2.45, 2.75) is 70.4 Å². The van der Waals surface area contributed by atoms with Crippen molar-refractivity contribution in [2.24, 2.45) is 11.8 Å². The summed E-state index contributed by atoms with van der Waals surface area (Å²) < 4.78 is 0. The predicted octanol–water partition coefficient (Wildman–Crippen LogP) is 3.76. The minimum atomic E-state index is -0.0843. The summed E-state index contributed by atoms with van der Waals surface area (Å²) in [5, 5.41) is 2.99. The van der Waals surface area contributed by atoms with Crippen LogP contribution in [0.2, 0.25) is 0 Å². The smallest absolute Gasteiger partial charge is 0.227 e. The molecule has 1 saturated carbocycles. The van der Waals surface area contributed by atoms with Crippen LogP contribution in [0.15, 0.2) is 24.3 Å². The van der Waals surface area contributed by atoms with E-state index in [9.17, 15) is 9.59 Å². The summed E-state index contributed by atoms with van der Waals surface area (Å²) in [5.74, 6) is 0.946. The Bertz CT molecular complexity index is 672. The summed E-state index contributed by atoms with van der Waals surface area (Å²) in [5.41, 5.74) is 2.11. The van der Waals surface area contributed by atoms with Gasteiger partial charge in [-0.1, -0.05) is 31.0 Å². The average molecular weight is 340 g/mol. The van der Waals surface area contributed by atoms with Crippen LogP contribution in [0, 0.1) is 11.8 Å². The molecule has 0 radical (unpaired) electrons. The third kappa shape index (κ3) is 3.19. The number of likely N-dealkylation sites (tertiary alicyclic amines) is 1.